The van der Waals surface area contributed by atoms with Gasteiger partial charge in [0.15, 0.2) is 5.65 Å². The number of hydrogen-bond donors (Lipinski definition) is 3. The van der Waals surface area contributed by atoms with Gasteiger partial charge in [0.1, 0.15) is 17.2 Å². The molecule has 0 atom stereocenters. The highest BCUT2D eigenvalue weighted by atomic mass is 32.2. The molecule has 0 bridgehead atoms. The molecular formula is C21H24N6OS. The van der Waals surface area contributed by atoms with Gasteiger partial charge in [0, 0.05) is 31.9 Å². The summed E-state index contributed by atoms with van der Waals surface area (Å²) >= 11 is 1.95. The summed E-state index contributed by atoms with van der Waals surface area (Å²) in [5.41, 5.74) is 3.85. The van der Waals surface area contributed by atoms with Crippen LogP contribution in [-0.4, -0.2) is 50.3 Å². The molecule has 0 amide bonds. The van der Waals surface area contributed by atoms with Crippen LogP contribution in [0.5, 0.6) is 0 Å². The Morgan fingerprint density at radius 3 is 2.97 bits per heavy atom. The van der Waals surface area contributed by atoms with Crippen LogP contribution in [0.3, 0.4) is 0 Å². The van der Waals surface area contributed by atoms with Crippen LogP contribution in [0.25, 0.3) is 22.1 Å². The summed E-state index contributed by atoms with van der Waals surface area (Å²) < 4.78 is 0. The number of anilines is 2. The van der Waals surface area contributed by atoms with E-state index in [2.05, 4.69) is 49.4 Å². The van der Waals surface area contributed by atoms with Crippen LogP contribution in [0.2, 0.25) is 0 Å². The van der Waals surface area contributed by atoms with Crippen LogP contribution >= 0.6 is 11.8 Å². The predicted molar refractivity (Wildman–Crippen MR) is 120 cm³/mol. The number of rotatable bonds is 4. The van der Waals surface area contributed by atoms with E-state index >= 15 is 0 Å². The summed E-state index contributed by atoms with van der Waals surface area (Å²) in [5, 5.41) is 11.6. The van der Waals surface area contributed by atoms with E-state index in [9.17, 15) is 0 Å². The number of thioether (sulfide) groups is 1. The van der Waals surface area contributed by atoms with Gasteiger partial charge >= 0.3 is 0 Å². The molecule has 4 aromatic rings. The fraction of sp³-hybridized carbons (Fsp3) is 0.286. The molecule has 1 aliphatic rings. The van der Waals surface area contributed by atoms with Crippen molar-refractivity contribution in [3.8, 4) is 0 Å². The minimum absolute atomic E-state index is 0.688. The fourth-order valence-corrected chi connectivity index (χ4v) is 4.27. The maximum atomic E-state index is 7.00. The summed E-state index contributed by atoms with van der Waals surface area (Å²) in [7, 11) is 1.00. The zero-order valence-corrected chi connectivity index (χ0v) is 17.1. The van der Waals surface area contributed by atoms with Gasteiger partial charge in [-0.2, -0.15) is 0 Å². The SMILES string of the molecule is CO.c1cc2ccc(CNc3cnc4ccc(N5CCCSC5)nc4n3)cc2[nH]1. The number of aliphatic hydroxyl groups is 1. The van der Waals surface area contributed by atoms with E-state index in [0.29, 0.717) is 12.2 Å². The topological polar surface area (TPSA) is 90.0 Å². The smallest absolute Gasteiger partial charge is 0.182 e. The van der Waals surface area contributed by atoms with Gasteiger partial charge < -0.3 is 20.3 Å². The first kappa shape index (κ1) is 19.5. The minimum atomic E-state index is 0.688. The van der Waals surface area contributed by atoms with E-state index in [1.54, 1.807) is 6.20 Å². The number of aromatic nitrogens is 4. The second-order valence-electron chi connectivity index (χ2n) is 6.67. The van der Waals surface area contributed by atoms with Gasteiger partial charge in [0.05, 0.1) is 12.1 Å². The van der Waals surface area contributed by atoms with E-state index in [0.717, 1.165) is 42.2 Å². The van der Waals surface area contributed by atoms with Gasteiger partial charge in [0.2, 0.25) is 0 Å². The maximum Gasteiger partial charge on any atom is 0.182 e. The van der Waals surface area contributed by atoms with Gasteiger partial charge in [-0.05, 0) is 47.4 Å². The average molecular weight is 409 g/mol. The highest BCUT2D eigenvalue weighted by Crippen LogP contribution is 2.22. The molecule has 5 rings (SSSR count). The Balaban J connectivity index is 0.000000994. The number of pyridine rings is 1. The van der Waals surface area contributed by atoms with E-state index in [1.165, 1.54) is 23.1 Å². The average Bonchev–Trinajstić information content (AvgIpc) is 3.27. The molecule has 0 saturated carbocycles. The molecule has 3 aromatic heterocycles. The monoisotopic (exact) mass is 408 g/mol. The number of aliphatic hydroxyl groups excluding tert-OH is 1. The first-order valence-electron chi connectivity index (χ1n) is 9.56. The lowest BCUT2D eigenvalue weighted by Gasteiger charge is -2.27. The Labute approximate surface area is 173 Å². The molecule has 0 unspecified atom stereocenters. The summed E-state index contributed by atoms with van der Waals surface area (Å²) in [6.07, 6.45) is 4.93. The van der Waals surface area contributed by atoms with Crippen molar-refractivity contribution in [2.75, 3.05) is 35.5 Å². The van der Waals surface area contributed by atoms with Gasteiger partial charge in [-0.1, -0.05) is 12.1 Å². The molecular weight excluding hydrogens is 384 g/mol. The molecule has 1 saturated heterocycles. The van der Waals surface area contributed by atoms with Crippen molar-refractivity contribution < 1.29 is 5.11 Å². The number of fused-ring (bicyclic) bond motifs is 2. The third kappa shape index (κ3) is 4.44. The first-order valence-corrected chi connectivity index (χ1v) is 10.7. The Bertz CT molecular complexity index is 1090. The Hall–Kier alpha value is -2.84. The van der Waals surface area contributed by atoms with Crippen molar-refractivity contribution in [3.05, 3.63) is 54.4 Å². The van der Waals surface area contributed by atoms with Crippen molar-refractivity contribution in [1.82, 2.24) is 19.9 Å². The van der Waals surface area contributed by atoms with E-state index < -0.39 is 0 Å². The van der Waals surface area contributed by atoms with Crippen molar-refractivity contribution in [3.63, 3.8) is 0 Å². The van der Waals surface area contributed by atoms with Crippen molar-refractivity contribution in [2.45, 2.75) is 13.0 Å². The molecule has 0 spiro atoms. The number of nitrogens with zero attached hydrogens (tertiary/aromatic N) is 4. The number of benzene rings is 1. The number of aromatic amines is 1. The van der Waals surface area contributed by atoms with E-state index in [-0.39, 0.29) is 0 Å². The Morgan fingerprint density at radius 1 is 1.17 bits per heavy atom. The summed E-state index contributed by atoms with van der Waals surface area (Å²) in [4.78, 5) is 19.5. The normalized spacial score (nSPS) is 13.9. The van der Waals surface area contributed by atoms with Gasteiger partial charge in [-0.15, -0.1) is 11.8 Å². The van der Waals surface area contributed by atoms with Crippen molar-refractivity contribution >= 4 is 45.5 Å². The predicted octanol–water partition coefficient (Wildman–Crippen LogP) is 3.63. The molecule has 8 heteroatoms. The highest BCUT2D eigenvalue weighted by molar-refractivity contribution is 7.99. The highest BCUT2D eigenvalue weighted by Gasteiger charge is 2.13. The second-order valence-corrected chi connectivity index (χ2v) is 7.75. The molecule has 1 aliphatic heterocycles. The summed E-state index contributed by atoms with van der Waals surface area (Å²) in [5.74, 6) is 3.95. The third-order valence-electron chi connectivity index (χ3n) is 4.77. The number of H-pyrrole nitrogens is 1. The zero-order valence-electron chi connectivity index (χ0n) is 16.3. The largest absolute Gasteiger partial charge is 0.400 e. The van der Waals surface area contributed by atoms with Crippen LogP contribution < -0.4 is 10.2 Å². The molecule has 0 radical (unpaired) electrons. The number of nitrogens with one attached hydrogen (secondary N) is 2. The fourth-order valence-electron chi connectivity index (χ4n) is 3.32. The van der Waals surface area contributed by atoms with E-state index in [4.69, 9.17) is 10.1 Å². The quantitative estimate of drug-likeness (QED) is 0.475. The molecule has 29 heavy (non-hydrogen) atoms. The lowest BCUT2D eigenvalue weighted by atomic mass is 10.1. The van der Waals surface area contributed by atoms with Crippen LogP contribution in [0.15, 0.2) is 48.8 Å². The molecule has 1 fully saturated rings. The molecule has 150 valence electrons. The molecule has 7 nitrogen and oxygen atoms in total. The van der Waals surface area contributed by atoms with Crippen molar-refractivity contribution in [1.29, 1.82) is 0 Å². The maximum absolute atomic E-state index is 7.00. The van der Waals surface area contributed by atoms with Crippen LogP contribution in [0.4, 0.5) is 11.6 Å². The summed E-state index contributed by atoms with van der Waals surface area (Å²) in [6.45, 7) is 1.75. The first-order chi connectivity index (χ1) is 14.3. The number of hydrogen-bond acceptors (Lipinski definition) is 7. The lowest BCUT2D eigenvalue weighted by molar-refractivity contribution is 0.399. The second kappa shape index (κ2) is 9.11. The van der Waals surface area contributed by atoms with Crippen molar-refractivity contribution in [2.24, 2.45) is 0 Å². The van der Waals surface area contributed by atoms with Crippen LogP contribution in [-0.2, 0) is 6.54 Å². The lowest BCUT2D eigenvalue weighted by Crippen LogP contribution is -2.29. The molecule has 0 aliphatic carbocycles. The molecule has 4 heterocycles. The standard InChI is InChI=1S/C20H20N6S.CH4O/c1-8-26(13-27-9-1)19-5-4-16-20(25-19)24-18(12-22-16)23-11-14-2-3-15-6-7-21-17(15)10-14;1-2/h2-7,10,12,21H,1,8-9,11,13H2,(H,23,24,25);2H,1H3. The molecule has 3 N–H and O–H groups in total. The third-order valence-corrected chi connectivity index (χ3v) is 5.84. The van der Waals surface area contributed by atoms with Crippen LogP contribution in [0, 0.1) is 0 Å². The Kier molecular flexibility index (Phi) is 6.12. The molecule has 1 aromatic carbocycles. The van der Waals surface area contributed by atoms with E-state index in [1.807, 2.05) is 30.1 Å². The van der Waals surface area contributed by atoms with Gasteiger partial charge in [-0.3, -0.25) is 0 Å². The van der Waals surface area contributed by atoms with Gasteiger partial charge in [-0.25, -0.2) is 15.0 Å². The minimum Gasteiger partial charge on any atom is -0.400 e. The van der Waals surface area contributed by atoms with Gasteiger partial charge in [0.25, 0.3) is 0 Å². The summed E-state index contributed by atoms with van der Waals surface area (Å²) in [6, 6.07) is 12.5. The van der Waals surface area contributed by atoms with Crippen LogP contribution in [0.1, 0.15) is 12.0 Å². The zero-order chi connectivity index (χ0) is 20.1. The Morgan fingerprint density at radius 2 is 2.10 bits per heavy atom.